The molecule has 0 atom stereocenters. The molecule has 0 saturated carbocycles. The zero-order valence-corrected chi connectivity index (χ0v) is 11.1. The summed E-state index contributed by atoms with van der Waals surface area (Å²) < 4.78 is 45.3. The summed E-state index contributed by atoms with van der Waals surface area (Å²) in [5.74, 6) is 0.855. The van der Waals surface area contributed by atoms with E-state index in [1.165, 1.54) is 0 Å². The van der Waals surface area contributed by atoms with Crippen LogP contribution in [0.25, 0.3) is 0 Å². The van der Waals surface area contributed by atoms with Gasteiger partial charge in [0.15, 0.2) is 24.3 Å². The fraction of sp³-hybridized carbons (Fsp3) is 1.00. The molecular weight excluding hydrogens is 256 g/mol. The van der Waals surface area contributed by atoms with Gasteiger partial charge in [0.05, 0.1) is 11.5 Å². The molecule has 0 aromatic heterocycles. The van der Waals surface area contributed by atoms with Crippen LogP contribution in [-0.2, 0) is 19.7 Å². The Kier molecular flexibility index (Phi) is 4.49. The first kappa shape index (κ1) is 13.3. The SMILES string of the molecule is CSCCCC1S(=O)(=O)CCCS1(=O)=O. The van der Waals surface area contributed by atoms with Crippen LogP contribution in [0.2, 0.25) is 0 Å². The number of thioether (sulfide) groups is 1. The summed E-state index contributed by atoms with van der Waals surface area (Å²) in [4.78, 5) is 0. The first-order valence-electron chi connectivity index (χ1n) is 4.82. The predicted octanol–water partition coefficient (Wildman–Crippen LogP) is 0.689. The van der Waals surface area contributed by atoms with Gasteiger partial charge in [0.1, 0.15) is 0 Å². The Morgan fingerprint density at radius 3 is 2.13 bits per heavy atom. The zero-order valence-electron chi connectivity index (χ0n) is 8.68. The molecule has 0 spiro atoms. The molecular formula is C8H16O4S3. The van der Waals surface area contributed by atoms with Crippen molar-refractivity contribution in [1.29, 1.82) is 0 Å². The zero-order chi connectivity index (χ0) is 11.5. The second kappa shape index (κ2) is 5.05. The molecule has 0 N–H and O–H groups in total. The van der Waals surface area contributed by atoms with Gasteiger partial charge in [0, 0.05) is 0 Å². The molecule has 1 aliphatic rings. The fourth-order valence-electron chi connectivity index (χ4n) is 1.70. The summed E-state index contributed by atoms with van der Waals surface area (Å²) in [5.41, 5.74) is 0. The molecule has 0 amide bonds. The van der Waals surface area contributed by atoms with Gasteiger partial charge in [-0.25, -0.2) is 16.8 Å². The van der Waals surface area contributed by atoms with Crippen molar-refractivity contribution in [2.75, 3.05) is 23.5 Å². The third kappa shape index (κ3) is 3.35. The van der Waals surface area contributed by atoms with Crippen LogP contribution in [-0.4, -0.2) is 44.9 Å². The lowest BCUT2D eigenvalue weighted by atomic mass is 10.4. The van der Waals surface area contributed by atoms with Gasteiger partial charge in [0.2, 0.25) is 0 Å². The van der Waals surface area contributed by atoms with Gasteiger partial charge in [-0.3, -0.25) is 0 Å². The van der Waals surface area contributed by atoms with Crippen LogP contribution in [0.15, 0.2) is 0 Å². The first-order chi connectivity index (χ1) is 6.90. The van der Waals surface area contributed by atoms with E-state index in [1.54, 1.807) is 11.8 Å². The van der Waals surface area contributed by atoms with Gasteiger partial charge in [0.25, 0.3) is 0 Å². The fourth-order valence-corrected chi connectivity index (χ4v) is 7.37. The normalized spacial score (nSPS) is 25.1. The minimum absolute atomic E-state index is 0.0240. The second-order valence-electron chi connectivity index (χ2n) is 3.65. The quantitative estimate of drug-likeness (QED) is 0.704. The minimum atomic E-state index is -3.41. The third-order valence-electron chi connectivity index (χ3n) is 2.45. The Labute approximate surface area is 95.7 Å². The van der Waals surface area contributed by atoms with E-state index >= 15 is 0 Å². The standard InChI is InChI=1S/C8H16O4S3/c1-13-5-2-4-8-14(9,10)6-3-7-15(8,11)12/h8H,2-7H2,1H3. The summed E-state index contributed by atoms with van der Waals surface area (Å²) in [7, 11) is -6.82. The molecule has 1 aliphatic heterocycles. The van der Waals surface area contributed by atoms with Crippen molar-refractivity contribution >= 4 is 31.4 Å². The van der Waals surface area contributed by atoms with Crippen LogP contribution in [0.5, 0.6) is 0 Å². The average molecular weight is 272 g/mol. The van der Waals surface area contributed by atoms with E-state index in [0.717, 1.165) is 5.75 Å². The molecule has 0 unspecified atom stereocenters. The largest absolute Gasteiger partial charge is 0.227 e. The highest BCUT2D eigenvalue weighted by Crippen LogP contribution is 2.24. The Balaban J connectivity index is 2.79. The van der Waals surface area contributed by atoms with E-state index in [2.05, 4.69) is 0 Å². The van der Waals surface area contributed by atoms with Crippen LogP contribution in [0.3, 0.4) is 0 Å². The molecule has 0 aromatic carbocycles. The smallest absolute Gasteiger partial charge is 0.167 e. The average Bonchev–Trinajstić information content (AvgIpc) is 2.09. The molecule has 4 nitrogen and oxygen atoms in total. The topological polar surface area (TPSA) is 68.3 Å². The maximum absolute atomic E-state index is 11.6. The van der Waals surface area contributed by atoms with Crippen molar-refractivity contribution in [2.45, 2.75) is 23.8 Å². The van der Waals surface area contributed by atoms with E-state index < -0.39 is 24.3 Å². The second-order valence-corrected chi connectivity index (χ2v) is 9.54. The number of rotatable bonds is 4. The molecule has 1 rings (SSSR count). The van der Waals surface area contributed by atoms with E-state index in [-0.39, 0.29) is 24.3 Å². The lowest BCUT2D eigenvalue weighted by molar-refractivity contribution is 0.559. The Morgan fingerprint density at radius 1 is 1.13 bits per heavy atom. The highest BCUT2D eigenvalue weighted by Gasteiger charge is 2.40. The highest BCUT2D eigenvalue weighted by atomic mass is 32.3. The van der Waals surface area contributed by atoms with Crippen LogP contribution < -0.4 is 0 Å². The predicted molar refractivity (Wildman–Crippen MR) is 63.6 cm³/mol. The minimum Gasteiger partial charge on any atom is -0.227 e. The summed E-state index contributed by atoms with van der Waals surface area (Å²) in [6, 6.07) is 0. The molecule has 0 aliphatic carbocycles. The lowest BCUT2D eigenvalue weighted by Crippen LogP contribution is -2.39. The molecule has 0 aromatic rings. The maximum Gasteiger partial charge on any atom is 0.167 e. The lowest BCUT2D eigenvalue weighted by Gasteiger charge is -2.22. The van der Waals surface area contributed by atoms with E-state index in [9.17, 15) is 16.8 Å². The van der Waals surface area contributed by atoms with Gasteiger partial charge in [-0.05, 0) is 31.3 Å². The van der Waals surface area contributed by atoms with Crippen molar-refractivity contribution in [3.63, 3.8) is 0 Å². The van der Waals surface area contributed by atoms with E-state index in [0.29, 0.717) is 6.42 Å². The number of hydrogen-bond acceptors (Lipinski definition) is 5. The van der Waals surface area contributed by atoms with Crippen molar-refractivity contribution in [3.8, 4) is 0 Å². The molecule has 15 heavy (non-hydrogen) atoms. The van der Waals surface area contributed by atoms with Gasteiger partial charge in [-0.2, -0.15) is 11.8 Å². The summed E-state index contributed by atoms with van der Waals surface area (Å²) in [6.45, 7) is 0. The number of hydrogen-bond donors (Lipinski definition) is 0. The van der Waals surface area contributed by atoms with Crippen molar-refractivity contribution in [3.05, 3.63) is 0 Å². The van der Waals surface area contributed by atoms with Crippen LogP contribution in [0.4, 0.5) is 0 Å². The van der Waals surface area contributed by atoms with E-state index in [1.807, 2.05) is 6.26 Å². The molecule has 0 radical (unpaired) electrons. The third-order valence-corrected chi connectivity index (χ3v) is 8.69. The van der Waals surface area contributed by atoms with Crippen molar-refractivity contribution < 1.29 is 16.8 Å². The van der Waals surface area contributed by atoms with Gasteiger partial charge < -0.3 is 0 Å². The monoisotopic (exact) mass is 272 g/mol. The molecule has 7 heteroatoms. The molecule has 0 bridgehead atoms. The highest BCUT2D eigenvalue weighted by molar-refractivity contribution is 8.09. The van der Waals surface area contributed by atoms with Gasteiger partial charge >= 0.3 is 0 Å². The van der Waals surface area contributed by atoms with Gasteiger partial charge in [-0.15, -0.1) is 0 Å². The molecule has 1 fully saturated rings. The maximum atomic E-state index is 11.6. The van der Waals surface area contributed by atoms with Crippen molar-refractivity contribution in [1.82, 2.24) is 0 Å². The van der Waals surface area contributed by atoms with Gasteiger partial charge in [-0.1, -0.05) is 0 Å². The first-order valence-corrected chi connectivity index (χ1v) is 9.65. The van der Waals surface area contributed by atoms with Crippen LogP contribution in [0.1, 0.15) is 19.3 Å². The van der Waals surface area contributed by atoms with Crippen molar-refractivity contribution in [2.24, 2.45) is 0 Å². The van der Waals surface area contributed by atoms with Crippen LogP contribution >= 0.6 is 11.8 Å². The Hall–Kier alpha value is 0.250. The summed E-state index contributed by atoms with van der Waals surface area (Å²) in [5, 5.41) is 0. The molecule has 1 saturated heterocycles. The summed E-state index contributed by atoms with van der Waals surface area (Å²) >= 11 is 1.60. The molecule has 90 valence electrons. The Morgan fingerprint density at radius 2 is 1.67 bits per heavy atom. The van der Waals surface area contributed by atoms with E-state index in [4.69, 9.17) is 0 Å². The molecule has 1 heterocycles. The number of sulfone groups is 2. The van der Waals surface area contributed by atoms with Crippen LogP contribution in [0, 0.1) is 0 Å². The Bertz CT molecular complexity index is 362. The summed E-state index contributed by atoms with van der Waals surface area (Å²) in [6.07, 6.45) is 3.07.